The molecule has 0 saturated heterocycles. The van der Waals surface area contributed by atoms with E-state index in [9.17, 15) is 0 Å². The SMILES string of the molecule is C1=Cc2c3c1cccc3cc1ccc3ccccc3c21. The molecule has 0 saturated carbocycles. The van der Waals surface area contributed by atoms with Gasteiger partial charge in [-0.05, 0) is 49.5 Å². The maximum Gasteiger partial charge on any atom is -0.00262 e. The van der Waals surface area contributed by atoms with Crippen LogP contribution in [0.3, 0.4) is 0 Å². The van der Waals surface area contributed by atoms with Gasteiger partial charge >= 0.3 is 0 Å². The van der Waals surface area contributed by atoms with Gasteiger partial charge in [0.2, 0.25) is 0 Å². The van der Waals surface area contributed by atoms with E-state index in [-0.39, 0.29) is 0 Å². The van der Waals surface area contributed by atoms with Crippen molar-refractivity contribution in [2.75, 3.05) is 0 Å². The highest BCUT2D eigenvalue weighted by atomic mass is 14.2. The van der Waals surface area contributed by atoms with Crippen LogP contribution in [-0.2, 0) is 0 Å². The first-order chi connectivity index (χ1) is 9.92. The Bertz CT molecular complexity index is 1040. The Morgan fingerprint density at radius 2 is 1.35 bits per heavy atom. The first kappa shape index (κ1) is 10.2. The van der Waals surface area contributed by atoms with Crippen LogP contribution >= 0.6 is 0 Å². The highest BCUT2D eigenvalue weighted by Crippen LogP contribution is 2.39. The third-order valence-electron chi connectivity index (χ3n) is 4.37. The molecule has 0 aromatic heterocycles. The maximum absolute atomic E-state index is 2.32. The zero-order valence-corrected chi connectivity index (χ0v) is 10.9. The first-order valence-electron chi connectivity index (χ1n) is 6.97. The van der Waals surface area contributed by atoms with Crippen molar-refractivity contribution in [3.05, 3.63) is 71.8 Å². The molecule has 0 spiro atoms. The quantitative estimate of drug-likeness (QED) is 0.247. The van der Waals surface area contributed by atoms with Crippen LogP contribution in [-0.4, -0.2) is 0 Å². The van der Waals surface area contributed by atoms with E-state index in [1.165, 1.54) is 43.4 Å². The van der Waals surface area contributed by atoms with Gasteiger partial charge in [-0.25, -0.2) is 0 Å². The molecule has 0 atom stereocenters. The molecule has 1 aliphatic rings. The summed E-state index contributed by atoms with van der Waals surface area (Å²) in [6.07, 6.45) is 4.51. The lowest BCUT2D eigenvalue weighted by Gasteiger charge is -2.10. The Morgan fingerprint density at radius 1 is 0.550 bits per heavy atom. The van der Waals surface area contributed by atoms with Crippen LogP contribution in [0.4, 0.5) is 0 Å². The third-order valence-corrected chi connectivity index (χ3v) is 4.37. The molecule has 0 unspecified atom stereocenters. The fourth-order valence-electron chi connectivity index (χ4n) is 3.50. The number of benzene rings is 4. The van der Waals surface area contributed by atoms with E-state index < -0.39 is 0 Å². The summed E-state index contributed by atoms with van der Waals surface area (Å²) in [5.74, 6) is 0. The number of fused-ring (bicyclic) bond motifs is 4. The molecule has 0 aliphatic heterocycles. The van der Waals surface area contributed by atoms with Crippen molar-refractivity contribution in [3.8, 4) is 0 Å². The van der Waals surface area contributed by atoms with Crippen molar-refractivity contribution in [2.24, 2.45) is 0 Å². The highest BCUT2D eigenvalue weighted by molar-refractivity contribution is 6.21. The van der Waals surface area contributed by atoms with Crippen molar-refractivity contribution in [1.29, 1.82) is 0 Å². The van der Waals surface area contributed by atoms with E-state index in [4.69, 9.17) is 0 Å². The molecule has 0 nitrogen and oxygen atoms in total. The normalized spacial score (nSPS) is 12.8. The molecular weight excluding hydrogens is 240 g/mol. The van der Waals surface area contributed by atoms with Crippen LogP contribution in [0.1, 0.15) is 11.1 Å². The third kappa shape index (κ3) is 1.16. The van der Waals surface area contributed by atoms with E-state index in [0.717, 1.165) is 0 Å². The molecule has 0 amide bonds. The summed E-state index contributed by atoms with van der Waals surface area (Å²) >= 11 is 0. The van der Waals surface area contributed by atoms with Gasteiger partial charge in [-0.3, -0.25) is 0 Å². The number of hydrogen-bond donors (Lipinski definition) is 0. The predicted molar refractivity (Wildman–Crippen MR) is 87.9 cm³/mol. The minimum absolute atomic E-state index is 1.31. The van der Waals surface area contributed by atoms with E-state index in [1.54, 1.807) is 0 Å². The van der Waals surface area contributed by atoms with Gasteiger partial charge < -0.3 is 0 Å². The summed E-state index contributed by atoms with van der Waals surface area (Å²) in [5.41, 5.74) is 2.72. The van der Waals surface area contributed by atoms with E-state index in [1.807, 2.05) is 0 Å². The topological polar surface area (TPSA) is 0 Å². The second-order valence-electron chi connectivity index (χ2n) is 5.45. The second-order valence-corrected chi connectivity index (χ2v) is 5.45. The lowest BCUT2D eigenvalue weighted by Crippen LogP contribution is -1.84. The molecule has 0 heterocycles. The lowest BCUT2D eigenvalue weighted by molar-refractivity contribution is 1.75. The minimum Gasteiger partial charge on any atom is -0.0616 e. The Kier molecular flexibility index (Phi) is 1.78. The van der Waals surface area contributed by atoms with Gasteiger partial charge in [0.25, 0.3) is 0 Å². The van der Waals surface area contributed by atoms with Crippen molar-refractivity contribution < 1.29 is 0 Å². The van der Waals surface area contributed by atoms with E-state index in [0.29, 0.717) is 0 Å². The molecule has 0 bridgehead atoms. The summed E-state index contributed by atoms with van der Waals surface area (Å²) < 4.78 is 0. The van der Waals surface area contributed by atoms with Crippen LogP contribution in [0.2, 0.25) is 0 Å². The largest absolute Gasteiger partial charge is 0.0616 e. The molecular formula is C20H12. The highest BCUT2D eigenvalue weighted by Gasteiger charge is 2.14. The molecule has 0 heteroatoms. The van der Waals surface area contributed by atoms with Crippen molar-refractivity contribution in [1.82, 2.24) is 0 Å². The Hall–Kier alpha value is -2.60. The zero-order chi connectivity index (χ0) is 13.1. The summed E-state index contributed by atoms with van der Waals surface area (Å²) in [7, 11) is 0. The molecule has 0 N–H and O–H groups in total. The van der Waals surface area contributed by atoms with Gasteiger partial charge in [0.1, 0.15) is 0 Å². The smallest absolute Gasteiger partial charge is 0.00262 e. The van der Waals surface area contributed by atoms with Gasteiger partial charge in [0, 0.05) is 0 Å². The molecule has 5 rings (SSSR count). The molecule has 0 fully saturated rings. The molecule has 0 radical (unpaired) electrons. The van der Waals surface area contributed by atoms with Gasteiger partial charge in [-0.1, -0.05) is 66.7 Å². The molecule has 20 heavy (non-hydrogen) atoms. The minimum atomic E-state index is 1.31. The van der Waals surface area contributed by atoms with Gasteiger partial charge in [0.05, 0.1) is 0 Å². The first-order valence-corrected chi connectivity index (χ1v) is 6.97. The summed E-state index contributed by atoms with van der Waals surface area (Å²) in [4.78, 5) is 0. The predicted octanol–water partition coefficient (Wildman–Crippen LogP) is 5.63. The van der Waals surface area contributed by atoms with Crippen molar-refractivity contribution >= 4 is 44.5 Å². The average molecular weight is 252 g/mol. The summed E-state index contributed by atoms with van der Waals surface area (Å²) in [6.45, 7) is 0. The summed E-state index contributed by atoms with van der Waals surface area (Å²) in [6, 6.07) is 22.0. The number of rotatable bonds is 0. The monoisotopic (exact) mass is 252 g/mol. The molecule has 92 valence electrons. The molecule has 4 aromatic carbocycles. The number of hydrogen-bond acceptors (Lipinski definition) is 0. The van der Waals surface area contributed by atoms with Crippen molar-refractivity contribution in [3.63, 3.8) is 0 Å². The Labute approximate surface area is 117 Å². The van der Waals surface area contributed by atoms with Gasteiger partial charge in [-0.2, -0.15) is 0 Å². The fraction of sp³-hybridized carbons (Fsp3) is 0. The fourth-order valence-corrected chi connectivity index (χ4v) is 3.50. The zero-order valence-electron chi connectivity index (χ0n) is 10.9. The molecule has 1 aliphatic carbocycles. The second kappa shape index (κ2) is 3.49. The molecule has 4 aromatic rings. The Morgan fingerprint density at radius 3 is 2.35 bits per heavy atom. The van der Waals surface area contributed by atoms with Crippen LogP contribution < -0.4 is 0 Å². The maximum atomic E-state index is 2.32. The van der Waals surface area contributed by atoms with E-state index >= 15 is 0 Å². The van der Waals surface area contributed by atoms with E-state index in [2.05, 4.69) is 72.8 Å². The van der Waals surface area contributed by atoms with Gasteiger partial charge in [-0.15, -0.1) is 0 Å². The van der Waals surface area contributed by atoms with Crippen LogP contribution in [0.15, 0.2) is 60.7 Å². The lowest BCUT2D eigenvalue weighted by atomic mass is 9.93. The van der Waals surface area contributed by atoms with Gasteiger partial charge in [0.15, 0.2) is 0 Å². The van der Waals surface area contributed by atoms with Crippen molar-refractivity contribution in [2.45, 2.75) is 0 Å². The average Bonchev–Trinajstić information content (AvgIpc) is 2.93. The Balaban J connectivity index is 2.16. The van der Waals surface area contributed by atoms with Crippen LogP contribution in [0, 0.1) is 0 Å². The summed E-state index contributed by atoms with van der Waals surface area (Å²) in [5, 5.41) is 8.12. The van der Waals surface area contributed by atoms with Crippen LogP contribution in [0.25, 0.3) is 44.5 Å². The van der Waals surface area contributed by atoms with Crippen LogP contribution in [0.5, 0.6) is 0 Å². The standard InChI is InChI=1S/C20H12/c1-2-7-17-13(4-1)8-9-16-12-15-6-3-5-14-10-11-18(19(14)15)20(16)17/h1-12H.